The minimum Gasteiger partial charge on any atom is -0.496 e. The number of nitrogens with one attached hydrogen (secondary N) is 1. The molecule has 0 bridgehead atoms. The second-order valence-corrected chi connectivity index (χ2v) is 6.05. The number of rotatable bonds is 7. The Bertz CT molecular complexity index is 672. The number of hydrogen-bond acceptors (Lipinski definition) is 7. The minimum atomic E-state index is 0.574. The first-order valence-electron chi connectivity index (χ1n) is 8.83. The highest BCUT2D eigenvalue weighted by Crippen LogP contribution is 2.18. The van der Waals surface area contributed by atoms with Gasteiger partial charge in [-0.1, -0.05) is 25.1 Å². The predicted molar refractivity (Wildman–Crippen MR) is 99.3 cm³/mol. The lowest BCUT2D eigenvalue weighted by Crippen LogP contribution is -2.46. The van der Waals surface area contributed by atoms with Crippen LogP contribution in [0.5, 0.6) is 5.75 Å². The van der Waals surface area contributed by atoms with Crippen molar-refractivity contribution in [3.63, 3.8) is 0 Å². The third-order valence-electron chi connectivity index (χ3n) is 4.56. The molecule has 1 aliphatic rings. The fourth-order valence-corrected chi connectivity index (χ4v) is 3.03. The summed E-state index contributed by atoms with van der Waals surface area (Å²) in [5.41, 5.74) is 1.16. The van der Waals surface area contributed by atoms with Crippen LogP contribution in [0.3, 0.4) is 0 Å². The number of para-hydroxylation sites is 1. The van der Waals surface area contributed by atoms with Crippen molar-refractivity contribution in [1.29, 1.82) is 0 Å². The first-order valence-corrected chi connectivity index (χ1v) is 8.83. The van der Waals surface area contributed by atoms with Gasteiger partial charge in [0.2, 0.25) is 5.95 Å². The highest BCUT2D eigenvalue weighted by Gasteiger charge is 2.17. The fraction of sp³-hybridized carbons (Fsp3) is 0.500. The minimum absolute atomic E-state index is 0.574. The summed E-state index contributed by atoms with van der Waals surface area (Å²) in [4.78, 5) is 9.32. The average molecular weight is 342 g/mol. The number of methoxy groups -OCH3 is 1. The molecule has 7 nitrogen and oxygen atoms in total. The van der Waals surface area contributed by atoms with E-state index in [0.717, 1.165) is 62.8 Å². The SMILES string of the molecule is CCN1CCN(c2cnnc(NCCc3ccccc3OC)n2)CC1. The van der Waals surface area contributed by atoms with E-state index in [9.17, 15) is 0 Å². The first kappa shape index (κ1) is 17.4. The van der Waals surface area contributed by atoms with Crippen molar-refractivity contribution in [1.82, 2.24) is 20.1 Å². The molecular formula is C18H26N6O. The summed E-state index contributed by atoms with van der Waals surface area (Å²) >= 11 is 0. The van der Waals surface area contributed by atoms with Crippen molar-refractivity contribution >= 4 is 11.8 Å². The number of hydrogen-bond donors (Lipinski definition) is 1. The first-order chi connectivity index (χ1) is 12.3. The number of piperazine rings is 1. The summed E-state index contributed by atoms with van der Waals surface area (Å²) in [7, 11) is 1.70. The van der Waals surface area contributed by atoms with E-state index in [1.54, 1.807) is 13.3 Å². The molecule has 134 valence electrons. The molecule has 1 N–H and O–H groups in total. The molecule has 3 rings (SSSR count). The van der Waals surface area contributed by atoms with E-state index in [0.29, 0.717) is 5.95 Å². The molecule has 2 heterocycles. The largest absolute Gasteiger partial charge is 0.496 e. The molecule has 0 saturated carbocycles. The molecule has 0 unspecified atom stereocenters. The van der Waals surface area contributed by atoms with Crippen LogP contribution in [-0.2, 0) is 6.42 Å². The Balaban J connectivity index is 1.55. The third-order valence-corrected chi connectivity index (χ3v) is 4.56. The normalized spacial score (nSPS) is 15.2. The Kier molecular flexibility index (Phi) is 6.00. The Morgan fingerprint density at radius 1 is 1.16 bits per heavy atom. The molecule has 1 saturated heterocycles. The van der Waals surface area contributed by atoms with Crippen LogP contribution in [0.1, 0.15) is 12.5 Å². The number of likely N-dealkylation sites (N-methyl/N-ethyl adjacent to an activating group) is 1. The standard InChI is InChI=1S/C18H26N6O/c1-3-23-10-12-24(13-11-23)17-14-20-22-18(21-17)19-9-8-15-6-4-5-7-16(15)25-2/h4-7,14H,3,8-13H2,1-2H3,(H,19,21,22). The Labute approximate surface area is 149 Å². The lowest BCUT2D eigenvalue weighted by molar-refractivity contribution is 0.270. The molecular weight excluding hydrogens is 316 g/mol. The molecule has 0 radical (unpaired) electrons. The van der Waals surface area contributed by atoms with Gasteiger partial charge < -0.3 is 19.9 Å². The van der Waals surface area contributed by atoms with Crippen LogP contribution in [0.4, 0.5) is 11.8 Å². The van der Waals surface area contributed by atoms with Gasteiger partial charge in [0, 0.05) is 32.7 Å². The van der Waals surface area contributed by atoms with E-state index in [4.69, 9.17) is 4.74 Å². The summed E-state index contributed by atoms with van der Waals surface area (Å²) in [5, 5.41) is 11.5. The number of aromatic nitrogens is 3. The van der Waals surface area contributed by atoms with Gasteiger partial charge in [0.25, 0.3) is 0 Å². The smallest absolute Gasteiger partial charge is 0.244 e. The monoisotopic (exact) mass is 342 g/mol. The Morgan fingerprint density at radius 2 is 1.96 bits per heavy atom. The van der Waals surface area contributed by atoms with Gasteiger partial charge in [-0.25, -0.2) is 0 Å². The van der Waals surface area contributed by atoms with Crippen LogP contribution in [0, 0.1) is 0 Å². The molecule has 1 aliphatic heterocycles. The maximum atomic E-state index is 5.38. The summed E-state index contributed by atoms with van der Waals surface area (Å²) in [6.45, 7) is 8.13. The van der Waals surface area contributed by atoms with Crippen LogP contribution in [0.2, 0.25) is 0 Å². The summed E-state index contributed by atoms with van der Waals surface area (Å²) in [6, 6.07) is 8.05. The zero-order chi connectivity index (χ0) is 17.5. The van der Waals surface area contributed by atoms with Gasteiger partial charge in [-0.15, -0.1) is 5.10 Å². The zero-order valence-electron chi connectivity index (χ0n) is 15.0. The second-order valence-electron chi connectivity index (χ2n) is 6.05. The van der Waals surface area contributed by atoms with Crippen LogP contribution < -0.4 is 15.0 Å². The number of nitrogens with zero attached hydrogens (tertiary/aromatic N) is 5. The zero-order valence-corrected chi connectivity index (χ0v) is 15.0. The van der Waals surface area contributed by atoms with E-state index in [1.807, 2.05) is 18.2 Å². The molecule has 2 aromatic rings. The lowest BCUT2D eigenvalue weighted by atomic mass is 10.1. The maximum absolute atomic E-state index is 5.38. The Morgan fingerprint density at radius 3 is 2.72 bits per heavy atom. The molecule has 0 spiro atoms. The van der Waals surface area contributed by atoms with E-state index in [1.165, 1.54) is 0 Å². The van der Waals surface area contributed by atoms with Crippen molar-refractivity contribution in [2.24, 2.45) is 0 Å². The van der Waals surface area contributed by atoms with Gasteiger partial charge in [0.15, 0.2) is 5.82 Å². The fourth-order valence-electron chi connectivity index (χ4n) is 3.03. The van der Waals surface area contributed by atoms with E-state index >= 15 is 0 Å². The van der Waals surface area contributed by atoms with Gasteiger partial charge in [-0.05, 0) is 24.6 Å². The molecule has 0 atom stereocenters. The maximum Gasteiger partial charge on any atom is 0.244 e. The van der Waals surface area contributed by atoms with Crippen molar-refractivity contribution in [2.75, 3.05) is 56.6 Å². The van der Waals surface area contributed by atoms with Gasteiger partial charge in [0.05, 0.1) is 13.3 Å². The van der Waals surface area contributed by atoms with Gasteiger partial charge in [0.1, 0.15) is 5.75 Å². The molecule has 1 aromatic heterocycles. The van der Waals surface area contributed by atoms with E-state index < -0.39 is 0 Å². The quantitative estimate of drug-likeness (QED) is 0.821. The van der Waals surface area contributed by atoms with Crippen molar-refractivity contribution in [2.45, 2.75) is 13.3 Å². The van der Waals surface area contributed by atoms with E-state index in [2.05, 4.69) is 43.3 Å². The van der Waals surface area contributed by atoms with Crippen LogP contribution in [0.15, 0.2) is 30.5 Å². The highest BCUT2D eigenvalue weighted by atomic mass is 16.5. The second kappa shape index (κ2) is 8.62. The van der Waals surface area contributed by atoms with Gasteiger partial charge in [-0.2, -0.15) is 10.1 Å². The predicted octanol–water partition coefficient (Wildman–Crippen LogP) is 1.68. The number of benzene rings is 1. The van der Waals surface area contributed by atoms with Gasteiger partial charge in [-0.3, -0.25) is 0 Å². The van der Waals surface area contributed by atoms with Crippen LogP contribution >= 0.6 is 0 Å². The summed E-state index contributed by atoms with van der Waals surface area (Å²) in [5.74, 6) is 2.38. The average Bonchev–Trinajstić information content (AvgIpc) is 2.69. The number of anilines is 2. The van der Waals surface area contributed by atoms with Crippen LogP contribution in [-0.4, -0.2) is 66.5 Å². The van der Waals surface area contributed by atoms with Crippen molar-refractivity contribution in [3.8, 4) is 5.75 Å². The van der Waals surface area contributed by atoms with Crippen LogP contribution in [0.25, 0.3) is 0 Å². The summed E-state index contributed by atoms with van der Waals surface area (Å²) < 4.78 is 5.38. The summed E-state index contributed by atoms with van der Waals surface area (Å²) in [6.07, 6.45) is 2.58. The number of ether oxygens (including phenoxy) is 1. The third kappa shape index (κ3) is 4.57. The molecule has 0 amide bonds. The molecule has 25 heavy (non-hydrogen) atoms. The Hall–Kier alpha value is -2.41. The van der Waals surface area contributed by atoms with Crippen molar-refractivity contribution in [3.05, 3.63) is 36.0 Å². The molecule has 1 aromatic carbocycles. The molecule has 0 aliphatic carbocycles. The van der Waals surface area contributed by atoms with Crippen molar-refractivity contribution < 1.29 is 4.74 Å². The topological polar surface area (TPSA) is 66.4 Å². The lowest BCUT2D eigenvalue weighted by Gasteiger charge is -2.34. The molecule has 7 heteroatoms. The van der Waals surface area contributed by atoms with Gasteiger partial charge >= 0.3 is 0 Å². The molecule has 1 fully saturated rings. The van der Waals surface area contributed by atoms with E-state index in [-0.39, 0.29) is 0 Å². The highest BCUT2D eigenvalue weighted by molar-refractivity contribution is 5.41.